The predicted molar refractivity (Wildman–Crippen MR) is 39.8 cm³/mol. The Bertz CT molecular complexity index is 295. The van der Waals surface area contributed by atoms with Gasteiger partial charge in [-0.05, 0) is 12.1 Å². The van der Waals surface area contributed by atoms with Gasteiger partial charge in [0.1, 0.15) is 0 Å². The van der Waals surface area contributed by atoms with Gasteiger partial charge in [-0.3, -0.25) is 4.79 Å². The van der Waals surface area contributed by atoms with Crippen LogP contribution in [0.25, 0.3) is 0 Å². The summed E-state index contributed by atoms with van der Waals surface area (Å²) in [7, 11) is 0. The van der Waals surface area contributed by atoms with Gasteiger partial charge < -0.3 is 5.73 Å². The Balaban J connectivity index is 3.22. The van der Waals surface area contributed by atoms with Crippen molar-refractivity contribution in [2.24, 2.45) is 10.8 Å². The van der Waals surface area contributed by atoms with Crippen molar-refractivity contribution in [3.8, 4) is 0 Å². The lowest BCUT2D eigenvalue weighted by atomic mass is 10.2. The molecule has 0 aliphatic rings. The predicted octanol–water partition coefficient (Wildman–Crippen LogP) is 1.45. The second kappa shape index (κ2) is 2.92. The number of carbonyl (C=O) groups excluding carboxylic acids is 1. The molecular formula is C7H7N3O. The molecule has 0 heterocycles. The summed E-state index contributed by atoms with van der Waals surface area (Å²) in [5, 5.41) is 3.14. The largest absolute Gasteiger partial charge is 0.366 e. The van der Waals surface area contributed by atoms with Crippen LogP contribution in [-0.2, 0) is 0 Å². The minimum atomic E-state index is -0.559. The van der Waals surface area contributed by atoms with E-state index in [1.165, 1.54) is 6.07 Å². The van der Waals surface area contributed by atoms with Crippen LogP contribution in [0.3, 0.4) is 0 Å². The van der Waals surface area contributed by atoms with Gasteiger partial charge >= 0.3 is 0 Å². The number of benzene rings is 1. The van der Waals surface area contributed by atoms with E-state index in [9.17, 15) is 4.79 Å². The summed E-state index contributed by atoms with van der Waals surface area (Å²) in [4.78, 5) is 10.7. The van der Waals surface area contributed by atoms with E-state index in [1.807, 2.05) is 0 Å². The molecule has 0 aliphatic carbocycles. The third kappa shape index (κ3) is 1.40. The first-order valence-electron chi connectivity index (χ1n) is 3.02. The highest BCUT2D eigenvalue weighted by atomic mass is 16.1. The Morgan fingerprint density at radius 1 is 1.45 bits per heavy atom. The van der Waals surface area contributed by atoms with Crippen molar-refractivity contribution in [1.82, 2.24) is 0 Å². The van der Waals surface area contributed by atoms with E-state index in [0.717, 1.165) is 0 Å². The maximum Gasteiger partial charge on any atom is 0.250 e. The summed E-state index contributed by atoms with van der Waals surface area (Å²) >= 11 is 0. The normalized spacial score (nSPS) is 9.09. The highest BCUT2D eigenvalue weighted by Gasteiger charge is 2.04. The molecule has 0 saturated heterocycles. The number of nitrogens with zero attached hydrogens (tertiary/aromatic N) is 1. The fourth-order valence-electron chi connectivity index (χ4n) is 0.779. The molecule has 1 aromatic carbocycles. The SMILES string of the molecule is N=Nc1ccccc1C(N)=O. The standard InChI is InChI=1S/C7H7N3O/c8-7(11)5-3-1-2-4-6(5)10-9/h1-4,9H,(H2,8,11). The molecule has 0 spiro atoms. The van der Waals surface area contributed by atoms with Gasteiger partial charge in [-0.15, -0.1) is 0 Å². The van der Waals surface area contributed by atoms with E-state index in [2.05, 4.69) is 5.11 Å². The molecule has 0 aliphatic heterocycles. The Labute approximate surface area is 63.5 Å². The fraction of sp³-hybridized carbons (Fsp3) is 0. The maximum atomic E-state index is 10.7. The summed E-state index contributed by atoms with van der Waals surface area (Å²) in [6, 6.07) is 6.47. The Morgan fingerprint density at radius 3 is 2.55 bits per heavy atom. The van der Waals surface area contributed by atoms with E-state index >= 15 is 0 Å². The first-order valence-corrected chi connectivity index (χ1v) is 3.02. The van der Waals surface area contributed by atoms with E-state index in [0.29, 0.717) is 5.69 Å². The molecular weight excluding hydrogens is 142 g/mol. The number of para-hydroxylation sites is 1. The fourth-order valence-corrected chi connectivity index (χ4v) is 0.779. The number of primary amides is 1. The average molecular weight is 149 g/mol. The van der Waals surface area contributed by atoms with Crippen molar-refractivity contribution in [3.63, 3.8) is 0 Å². The van der Waals surface area contributed by atoms with Gasteiger partial charge in [-0.2, -0.15) is 5.11 Å². The summed E-state index contributed by atoms with van der Waals surface area (Å²) < 4.78 is 0. The number of hydrogen-bond donors (Lipinski definition) is 2. The van der Waals surface area contributed by atoms with Crippen molar-refractivity contribution in [2.45, 2.75) is 0 Å². The van der Waals surface area contributed by atoms with Crippen molar-refractivity contribution >= 4 is 11.6 Å². The molecule has 0 saturated carbocycles. The number of amides is 1. The van der Waals surface area contributed by atoms with Crippen LogP contribution in [-0.4, -0.2) is 5.91 Å². The van der Waals surface area contributed by atoms with Gasteiger partial charge in [0.05, 0.1) is 11.3 Å². The lowest BCUT2D eigenvalue weighted by molar-refractivity contribution is 0.100. The molecule has 0 bridgehead atoms. The van der Waals surface area contributed by atoms with Gasteiger partial charge in [-0.25, -0.2) is 5.53 Å². The third-order valence-electron chi connectivity index (χ3n) is 1.29. The van der Waals surface area contributed by atoms with Gasteiger partial charge in [0.2, 0.25) is 0 Å². The summed E-state index contributed by atoms with van der Waals surface area (Å²) in [5.74, 6) is -0.559. The van der Waals surface area contributed by atoms with Crippen molar-refractivity contribution < 1.29 is 4.79 Å². The van der Waals surface area contributed by atoms with E-state index in [4.69, 9.17) is 11.3 Å². The molecule has 0 fully saturated rings. The van der Waals surface area contributed by atoms with Crippen LogP contribution >= 0.6 is 0 Å². The van der Waals surface area contributed by atoms with Crippen LogP contribution in [0.5, 0.6) is 0 Å². The molecule has 4 nitrogen and oxygen atoms in total. The van der Waals surface area contributed by atoms with E-state index in [-0.39, 0.29) is 5.56 Å². The molecule has 4 heteroatoms. The summed E-state index contributed by atoms with van der Waals surface area (Å²) in [5.41, 5.74) is 12.3. The van der Waals surface area contributed by atoms with Crippen LogP contribution in [0.15, 0.2) is 29.4 Å². The van der Waals surface area contributed by atoms with Crippen molar-refractivity contribution in [1.29, 1.82) is 5.53 Å². The molecule has 3 N–H and O–H groups in total. The van der Waals surface area contributed by atoms with Crippen LogP contribution in [0.2, 0.25) is 0 Å². The molecule has 0 radical (unpaired) electrons. The van der Waals surface area contributed by atoms with Crippen LogP contribution in [0.4, 0.5) is 5.69 Å². The highest BCUT2D eigenvalue weighted by Crippen LogP contribution is 2.16. The van der Waals surface area contributed by atoms with Gasteiger partial charge in [0.15, 0.2) is 0 Å². The molecule has 0 unspecified atom stereocenters. The Hall–Kier alpha value is -1.71. The summed E-state index contributed by atoms with van der Waals surface area (Å²) in [6.45, 7) is 0. The zero-order valence-electron chi connectivity index (χ0n) is 5.74. The average Bonchev–Trinajstić information content (AvgIpc) is 2.04. The number of hydrogen-bond acceptors (Lipinski definition) is 3. The van der Waals surface area contributed by atoms with Crippen LogP contribution in [0.1, 0.15) is 10.4 Å². The Morgan fingerprint density at radius 2 is 2.09 bits per heavy atom. The van der Waals surface area contributed by atoms with E-state index in [1.54, 1.807) is 18.2 Å². The minimum Gasteiger partial charge on any atom is -0.366 e. The number of rotatable bonds is 2. The van der Waals surface area contributed by atoms with E-state index < -0.39 is 5.91 Å². The topological polar surface area (TPSA) is 79.3 Å². The second-order valence-corrected chi connectivity index (χ2v) is 1.99. The minimum absolute atomic E-state index is 0.280. The zero-order valence-corrected chi connectivity index (χ0v) is 5.74. The molecule has 1 rings (SSSR count). The molecule has 1 aromatic rings. The first-order chi connectivity index (χ1) is 5.25. The molecule has 1 amide bonds. The van der Waals surface area contributed by atoms with Gasteiger partial charge in [-0.1, -0.05) is 12.1 Å². The quantitative estimate of drug-likeness (QED) is 0.613. The molecule has 56 valence electrons. The molecule has 11 heavy (non-hydrogen) atoms. The second-order valence-electron chi connectivity index (χ2n) is 1.99. The van der Waals surface area contributed by atoms with Crippen molar-refractivity contribution in [2.75, 3.05) is 0 Å². The lowest BCUT2D eigenvalue weighted by Crippen LogP contribution is -2.10. The van der Waals surface area contributed by atoms with Crippen LogP contribution < -0.4 is 5.73 Å². The monoisotopic (exact) mass is 149 g/mol. The number of nitrogens with one attached hydrogen (secondary N) is 1. The number of nitrogens with two attached hydrogens (primary N) is 1. The number of carbonyl (C=O) groups is 1. The maximum absolute atomic E-state index is 10.7. The van der Waals surface area contributed by atoms with Crippen LogP contribution in [0, 0.1) is 5.53 Å². The summed E-state index contributed by atoms with van der Waals surface area (Å²) in [6.07, 6.45) is 0. The van der Waals surface area contributed by atoms with Crippen molar-refractivity contribution in [3.05, 3.63) is 29.8 Å². The molecule has 0 atom stereocenters. The third-order valence-corrected chi connectivity index (χ3v) is 1.29. The van der Waals surface area contributed by atoms with Gasteiger partial charge in [0, 0.05) is 0 Å². The van der Waals surface area contributed by atoms with Gasteiger partial charge in [0.25, 0.3) is 5.91 Å². The first kappa shape index (κ1) is 7.40. The smallest absolute Gasteiger partial charge is 0.250 e. The lowest BCUT2D eigenvalue weighted by Gasteiger charge is -1.96. The zero-order chi connectivity index (χ0) is 8.27. The highest BCUT2D eigenvalue weighted by molar-refractivity contribution is 5.97. The molecule has 0 aromatic heterocycles. The Kier molecular flexibility index (Phi) is 1.96.